The van der Waals surface area contributed by atoms with Crippen LogP contribution < -0.4 is 0 Å². The average Bonchev–Trinajstić information content (AvgIpc) is 2.23. The molecule has 0 saturated carbocycles. The summed E-state index contributed by atoms with van der Waals surface area (Å²) in [5.41, 5.74) is 0.114. The monoisotopic (exact) mass is 334 g/mol. The number of alkyl halides is 3. The van der Waals surface area contributed by atoms with E-state index in [0.29, 0.717) is 0 Å². The molecule has 0 fully saturated rings. The Morgan fingerprint density at radius 2 is 1.94 bits per heavy atom. The van der Waals surface area contributed by atoms with Crippen LogP contribution in [0.1, 0.15) is 5.56 Å². The first-order chi connectivity index (χ1) is 7.77. The number of hydrogen-bond donors (Lipinski definition) is 1. The minimum Gasteiger partial charge on any atom is -0.396 e. The van der Waals surface area contributed by atoms with Crippen LogP contribution in [0, 0.1) is 11.7 Å². The SMILES string of the molecule is OCC(Cc1ccc(Cl)c(F)c1Br)C(F)(F)F. The van der Waals surface area contributed by atoms with Gasteiger partial charge in [0, 0.05) is 0 Å². The summed E-state index contributed by atoms with van der Waals surface area (Å²) >= 11 is 8.32. The first kappa shape index (κ1) is 14.7. The van der Waals surface area contributed by atoms with E-state index < -0.39 is 30.9 Å². The van der Waals surface area contributed by atoms with E-state index >= 15 is 0 Å². The summed E-state index contributed by atoms with van der Waals surface area (Å²) in [5.74, 6) is -2.72. The molecular weight excluding hydrogens is 327 g/mol. The third kappa shape index (κ3) is 3.56. The molecule has 1 rings (SSSR count). The minimum atomic E-state index is -4.52. The molecule has 1 aromatic carbocycles. The van der Waals surface area contributed by atoms with Gasteiger partial charge in [-0.05, 0) is 34.0 Å². The highest BCUT2D eigenvalue weighted by Gasteiger charge is 2.39. The van der Waals surface area contributed by atoms with Gasteiger partial charge >= 0.3 is 6.18 Å². The van der Waals surface area contributed by atoms with Crippen molar-refractivity contribution in [1.29, 1.82) is 0 Å². The van der Waals surface area contributed by atoms with Gasteiger partial charge in [-0.2, -0.15) is 13.2 Å². The van der Waals surface area contributed by atoms with Crippen molar-refractivity contribution >= 4 is 27.5 Å². The topological polar surface area (TPSA) is 20.2 Å². The van der Waals surface area contributed by atoms with Crippen LogP contribution in [0.25, 0.3) is 0 Å². The lowest BCUT2D eigenvalue weighted by Gasteiger charge is -2.18. The molecular formula is C10H8BrClF4O. The zero-order valence-electron chi connectivity index (χ0n) is 8.36. The van der Waals surface area contributed by atoms with E-state index in [1.165, 1.54) is 12.1 Å². The Bertz CT molecular complexity index is 408. The largest absolute Gasteiger partial charge is 0.396 e. The summed E-state index contributed by atoms with van der Waals surface area (Å²) in [6.07, 6.45) is -5.03. The van der Waals surface area contributed by atoms with Gasteiger partial charge in [-0.25, -0.2) is 4.39 Å². The lowest BCUT2D eigenvalue weighted by molar-refractivity contribution is -0.183. The fourth-order valence-corrected chi connectivity index (χ4v) is 2.05. The minimum absolute atomic E-state index is 0.104. The molecule has 1 atom stereocenters. The molecule has 0 amide bonds. The van der Waals surface area contributed by atoms with Crippen LogP contribution in [0.2, 0.25) is 5.02 Å². The predicted molar refractivity (Wildman–Crippen MR) is 59.4 cm³/mol. The van der Waals surface area contributed by atoms with Gasteiger partial charge in [-0.1, -0.05) is 17.7 Å². The number of halogens is 6. The average molecular weight is 336 g/mol. The fraction of sp³-hybridized carbons (Fsp3) is 0.400. The second kappa shape index (κ2) is 5.54. The molecule has 0 heterocycles. The maximum Gasteiger partial charge on any atom is 0.394 e. The van der Waals surface area contributed by atoms with E-state index in [0.717, 1.165) is 0 Å². The van der Waals surface area contributed by atoms with E-state index in [9.17, 15) is 17.6 Å². The molecule has 1 unspecified atom stereocenters. The van der Waals surface area contributed by atoms with Crippen LogP contribution in [0.3, 0.4) is 0 Å². The molecule has 0 aromatic heterocycles. The summed E-state index contributed by atoms with van der Waals surface area (Å²) in [6.45, 7) is -1.04. The van der Waals surface area contributed by atoms with Crippen LogP contribution in [-0.4, -0.2) is 17.9 Å². The standard InChI is InChI=1S/C10H8BrClF4O/c11-8-5(1-2-7(12)9(8)13)3-6(4-17)10(14,15)16/h1-2,6,17H,3-4H2. The van der Waals surface area contributed by atoms with Gasteiger partial charge in [0.25, 0.3) is 0 Å². The molecule has 1 nitrogen and oxygen atoms in total. The van der Waals surface area contributed by atoms with Crippen molar-refractivity contribution in [2.75, 3.05) is 6.61 Å². The Kier molecular flexibility index (Phi) is 4.80. The zero-order valence-corrected chi connectivity index (χ0v) is 10.7. The molecule has 7 heteroatoms. The summed E-state index contributed by atoms with van der Waals surface area (Å²) < 4.78 is 50.5. The predicted octanol–water partition coefficient (Wildman–Crippen LogP) is 3.95. The highest BCUT2D eigenvalue weighted by molar-refractivity contribution is 9.10. The number of hydrogen-bond acceptors (Lipinski definition) is 1. The van der Waals surface area contributed by atoms with Gasteiger partial charge in [0.1, 0.15) is 0 Å². The summed E-state index contributed by atoms with van der Waals surface area (Å²) in [5, 5.41) is 8.51. The van der Waals surface area contributed by atoms with Crippen molar-refractivity contribution in [3.05, 3.63) is 33.0 Å². The lowest BCUT2D eigenvalue weighted by atomic mass is 9.99. The Balaban J connectivity index is 2.99. The Morgan fingerprint density at radius 1 is 1.35 bits per heavy atom. The van der Waals surface area contributed by atoms with Gasteiger partial charge in [0.05, 0.1) is 22.0 Å². The van der Waals surface area contributed by atoms with E-state index in [1.54, 1.807) is 0 Å². The van der Waals surface area contributed by atoms with Crippen molar-refractivity contribution < 1.29 is 22.7 Å². The lowest BCUT2D eigenvalue weighted by Crippen LogP contribution is -2.28. The molecule has 0 aliphatic heterocycles. The molecule has 1 N–H and O–H groups in total. The second-order valence-electron chi connectivity index (χ2n) is 3.46. The van der Waals surface area contributed by atoms with Gasteiger partial charge in [0.2, 0.25) is 0 Å². The van der Waals surface area contributed by atoms with E-state index in [1.807, 2.05) is 0 Å². The Hall–Kier alpha value is -0.330. The summed E-state index contributed by atoms with van der Waals surface area (Å²) in [7, 11) is 0. The van der Waals surface area contributed by atoms with Crippen LogP contribution >= 0.6 is 27.5 Å². The zero-order chi connectivity index (χ0) is 13.2. The van der Waals surface area contributed by atoms with Crippen LogP contribution in [0.4, 0.5) is 17.6 Å². The Morgan fingerprint density at radius 3 is 2.41 bits per heavy atom. The maximum absolute atomic E-state index is 13.3. The molecule has 17 heavy (non-hydrogen) atoms. The fourth-order valence-electron chi connectivity index (χ4n) is 1.27. The number of rotatable bonds is 3. The van der Waals surface area contributed by atoms with Crippen molar-refractivity contribution in [2.24, 2.45) is 5.92 Å². The molecule has 0 saturated heterocycles. The molecule has 0 bridgehead atoms. The van der Waals surface area contributed by atoms with Crippen molar-refractivity contribution in [3.63, 3.8) is 0 Å². The van der Waals surface area contributed by atoms with E-state index in [4.69, 9.17) is 16.7 Å². The van der Waals surface area contributed by atoms with Crippen LogP contribution in [-0.2, 0) is 6.42 Å². The van der Waals surface area contributed by atoms with E-state index in [2.05, 4.69) is 15.9 Å². The quantitative estimate of drug-likeness (QED) is 0.655. The highest BCUT2D eigenvalue weighted by Crippen LogP contribution is 2.33. The van der Waals surface area contributed by atoms with E-state index in [-0.39, 0.29) is 15.1 Å². The van der Waals surface area contributed by atoms with Crippen molar-refractivity contribution in [2.45, 2.75) is 12.6 Å². The number of benzene rings is 1. The van der Waals surface area contributed by atoms with Gasteiger partial charge < -0.3 is 5.11 Å². The Labute approximate surface area is 109 Å². The highest BCUT2D eigenvalue weighted by atomic mass is 79.9. The first-order valence-electron chi connectivity index (χ1n) is 4.57. The second-order valence-corrected chi connectivity index (χ2v) is 4.66. The third-order valence-corrected chi connectivity index (χ3v) is 3.41. The van der Waals surface area contributed by atoms with Crippen molar-refractivity contribution in [3.8, 4) is 0 Å². The van der Waals surface area contributed by atoms with Crippen LogP contribution in [0.5, 0.6) is 0 Å². The maximum atomic E-state index is 13.3. The molecule has 1 aromatic rings. The summed E-state index contributed by atoms with van der Waals surface area (Å²) in [6, 6.07) is 2.48. The third-order valence-electron chi connectivity index (χ3n) is 2.26. The number of aliphatic hydroxyl groups excluding tert-OH is 1. The molecule has 96 valence electrons. The van der Waals surface area contributed by atoms with Crippen LogP contribution in [0.15, 0.2) is 16.6 Å². The summed E-state index contributed by atoms with van der Waals surface area (Å²) in [4.78, 5) is 0. The van der Waals surface area contributed by atoms with Gasteiger partial charge in [-0.3, -0.25) is 0 Å². The molecule has 0 spiro atoms. The van der Waals surface area contributed by atoms with Crippen molar-refractivity contribution in [1.82, 2.24) is 0 Å². The molecule has 0 aliphatic carbocycles. The number of aliphatic hydroxyl groups is 1. The smallest absolute Gasteiger partial charge is 0.394 e. The normalized spacial score (nSPS) is 13.8. The molecule has 0 aliphatic rings. The molecule has 0 radical (unpaired) electrons. The first-order valence-corrected chi connectivity index (χ1v) is 5.74. The van der Waals surface area contributed by atoms with Gasteiger partial charge in [0.15, 0.2) is 5.82 Å². The van der Waals surface area contributed by atoms with Gasteiger partial charge in [-0.15, -0.1) is 0 Å².